The molecule has 0 aliphatic carbocycles. The van der Waals surface area contributed by atoms with Crippen LogP contribution in [-0.2, 0) is 10.3 Å². The van der Waals surface area contributed by atoms with Crippen molar-refractivity contribution in [1.82, 2.24) is 0 Å². The van der Waals surface area contributed by atoms with Gasteiger partial charge in [0.25, 0.3) is 0 Å². The fraction of sp³-hybridized carbons (Fsp3) is 0.455. The van der Waals surface area contributed by atoms with E-state index in [9.17, 15) is 4.39 Å². The lowest BCUT2D eigenvalue weighted by atomic mass is 9.86. The molecular weight excluding hydrogens is 181 g/mol. The first-order chi connectivity index (χ1) is 6.71. The van der Waals surface area contributed by atoms with Crippen molar-refractivity contribution in [2.75, 3.05) is 13.2 Å². The summed E-state index contributed by atoms with van der Waals surface area (Å²) in [4.78, 5) is 0. The van der Waals surface area contributed by atoms with Gasteiger partial charge in [-0.25, -0.2) is 4.39 Å². The Labute approximate surface area is 82.9 Å². The lowest BCUT2D eigenvalue weighted by Gasteiger charge is -2.33. The number of ether oxygens (including phenoxy) is 1. The third-order valence-electron chi connectivity index (χ3n) is 2.67. The zero-order valence-corrected chi connectivity index (χ0v) is 8.00. The van der Waals surface area contributed by atoms with Crippen molar-refractivity contribution in [2.24, 2.45) is 5.73 Å². The van der Waals surface area contributed by atoms with Crippen molar-refractivity contribution in [3.05, 3.63) is 35.6 Å². The highest BCUT2D eigenvalue weighted by Gasteiger charge is 2.30. The standard InChI is InChI=1S/C11H14FNO/c12-10-4-1-3-9(7-10)11(13)5-2-6-14-8-11/h1,3-4,7H,2,5-6,8,13H2. The van der Waals surface area contributed by atoms with E-state index in [-0.39, 0.29) is 5.82 Å². The number of rotatable bonds is 1. The molecule has 0 bridgehead atoms. The maximum Gasteiger partial charge on any atom is 0.123 e. The summed E-state index contributed by atoms with van der Waals surface area (Å²) < 4.78 is 18.3. The predicted molar refractivity (Wildman–Crippen MR) is 52.3 cm³/mol. The molecule has 0 aromatic heterocycles. The Morgan fingerprint density at radius 3 is 2.93 bits per heavy atom. The van der Waals surface area contributed by atoms with Gasteiger partial charge in [-0.1, -0.05) is 12.1 Å². The molecule has 3 heteroatoms. The molecule has 1 fully saturated rings. The van der Waals surface area contributed by atoms with E-state index in [1.54, 1.807) is 6.07 Å². The van der Waals surface area contributed by atoms with Gasteiger partial charge in [0.2, 0.25) is 0 Å². The molecule has 2 N–H and O–H groups in total. The summed E-state index contributed by atoms with van der Waals surface area (Å²) in [6.45, 7) is 1.24. The summed E-state index contributed by atoms with van der Waals surface area (Å²) in [5.41, 5.74) is 6.49. The first-order valence-electron chi connectivity index (χ1n) is 4.83. The maximum absolute atomic E-state index is 13.0. The summed E-state index contributed by atoms with van der Waals surface area (Å²) in [6, 6.07) is 6.47. The average Bonchev–Trinajstić information content (AvgIpc) is 2.19. The number of hydrogen-bond acceptors (Lipinski definition) is 2. The largest absolute Gasteiger partial charge is 0.379 e. The number of halogens is 1. The molecule has 1 aromatic rings. The summed E-state index contributed by atoms with van der Waals surface area (Å²) in [6.07, 6.45) is 1.80. The second kappa shape index (κ2) is 3.67. The Bertz CT molecular complexity index is 321. The molecule has 14 heavy (non-hydrogen) atoms. The average molecular weight is 195 g/mol. The smallest absolute Gasteiger partial charge is 0.123 e. The third kappa shape index (κ3) is 1.79. The van der Waals surface area contributed by atoms with Gasteiger partial charge in [0.1, 0.15) is 5.82 Å². The molecule has 1 heterocycles. The van der Waals surface area contributed by atoms with E-state index in [0.717, 1.165) is 25.0 Å². The molecule has 0 radical (unpaired) electrons. The minimum atomic E-state index is -0.500. The van der Waals surface area contributed by atoms with Crippen molar-refractivity contribution in [3.63, 3.8) is 0 Å². The van der Waals surface area contributed by atoms with Crippen LogP contribution in [0.25, 0.3) is 0 Å². The summed E-state index contributed by atoms with van der Waals surface area (Å²) >= 11 is 0. The van der Waals surface area contributed by atoms with Crippen LogP contribution in [0.15, 0.2) is 24.3 Å². The van der Waals surface area contributed by atoms with Gasteiger partial charge < -0.3 is 10.5 Å². The predicted octanol–water partition coefficient (Wildman–Crippen LogP) is 1.79. The van der Waals surface area contributed by atoms with Crippen molar-refractivity contribution < 1.29 is 9.13 Å². The molecule has 1 aromatic carbocycles. The van der Waals surface area contributed by atoms with Gasteiger partial charge in [-0.15, -0.1) is 0 Å². The van der Waals surface area contributed by atoms with E-state index in [4.69, 9.17) is 10.5 Å². The van der Waals surface area contributed by atoms with Crippen molar-refractivity contribution in [3.8, 4) is 0 Å². The van der Waals surface area contributed by atoms with Gasteiger partial charge in [-0.3, -0.25) is 0 Å². The molecule has 0 amide bonds. The van der Waals surface area contributed by atoms with Gasteiger partial charge in [-0.2, -0.15) is 0 Å². The molecule has 1 unspecified atom stereocenters. The van der Waals surface area contributed by atoms with Crippen LogP contribution in [0.5, 0.6) is 0 Å². The molecule has 1 saturated heterocycles. The SMILES string of the molecule is NC1(c2cccc(F)c2)CCCOC1. The number of benzene rings is 1. The molecule has 76 valence electrons. The van der Waals surface area contributed by atoms with Gasteiger partial charge in [0.15, 0.2) is 0 Å². The van der Waals surface area contributed by atoms with Gasteiger partial charge in [0.05, 0.1) is 12.1 Å². The van der Waals surface area contributed by atoms with Crippen LogP contribution >= 0.6 is 0 Å². The van der Waals surface area contributed by atoms with Crippen molar-refractivity contribution in [2.45, 2.75) is 18.4 Å². The van der Waals surface area contributed by atoms with Crippen LogP contribution in [0.3, 0.4) is 0 Å². The first-order valence-corrected chi connectivity index (χ1v) is 4.83. The van der Waals surface area contributed by atoms with Crippen molar-refractivity contribution >= 4 is 0 Å². The van der Waals surface area contributed by atoms with E-state index in [1.165, 1.54) is 12.1 Å². The van der Waals surface area contributed by atoms with Gasteiger partial charge in [0, 0.05) is 6.61 Å². The lowest BCUT2D eigenvalue weighted by Crippen LogP contribution is -2.44. The van der Waals surface area contributed by atoms with Gasteiger partial charge in [-0.05, 0) is 30.5 Å². The van der Waals surface area contributed by atoms with E-state index >= 15 is 0 Å². The second-order valence-electron chi connectivity index (χ2n) is 3.82. The topological polar surface area (TPSA) is 35.2 Å². The van der Waals surface area contributed by atoms with Crippen molar-refractivity contribution in [1.29, 1.82) is 0 Å². The summed E-state index contributed by atoms with van der Waals surface area (Å²) in [5.74, 6) is -0.238. The molecule has 1 aliphatic heterocycles. The molecule has 1 atom stereocenters. The first kappa shape index (κ1) is 9.62. The zero-order chi connectivity index (χ0) is 10.0. The van der Waals surface area contributed by atoms with E-state index < -0.39 is 5.54 Å². The Kier molecular flexibility index (Phi) is 2.52. The van der Waals surface area contributed by atoms with Crippen LogP contribution in [-0.4, -0.2) is 13.2 Å². The molecule has 0 saturated carbocycles. The minimum Gasteiger partial charge on any atom is -0.379 e. The highest BCUT2D eigenvalue weighted by molar-refractivity contribution is 5.25. The molecule has 0 spiro atoms. The normalized spacial score (nSPS) is 27.6. The number of hydrogen-bond donors (Lipinski definition) is 1. The monoisotopic (exact) mass is 195 g/mol. The maximum atomic E-state index is 13.0. The molecule has 2 nitrogen and oxygen atoms in total. The summed E-state index contributed by atoms with van der Waals surface area (Å²) in [5, 5.41) is 0. The highest BCUT2D eigenvalue weighted by Crippen LogP contribution is 2.27. The number of nitrogens with two attached hydrogens (primary N) is 1. The fourth-order valence-electron chi connectivity index (χ4n) is 1.84. The Morgan fingerprint density at radius 2 is 2.29 bits per heavy atom. The summed E-state index contributed by atoms with van der Waals surface area (Å²) in [7, 11) is 0. The molecular formula is C11H14FNO. The quantitative estimate of drug-likeness (QED) is 0.741. The second-order valence-corrected chi connectivity index (χ2v) is 3.82. The zero-order valence-electron chi connectivity index (χ0n) is 8.00. The van der Waals surface area contributed by atoms with E-state index in [2.05, 4.69) is 0 Å². The third-order valence-corrected chi connectivity index (χ3v) is 2.67. The Morgan fingerprint density at radius 1 is 1.43 bits per heavy atom. The fourth-order valence-corrected chi connectivity index (χ4v) is 1.84. The molecule has 1 aliphatic rings. The van der Waals surface area contributed by atoms with Crippen LogP contribution < -0.4 is 5.73 Å². The van der Waals surface area contributed by atoms with Gasteiger partial charge >= 0.3 is 0 Å². The van der Waals surface area contributed by atoms with E-state index in [0.29, 0.717) is 6.61 Å². The highest BCUT2D eigenvalue weighted by atomic mass is 19.1. The van der Waals surface area contributed by atoms with Crippen LogP contribution in [0.1, 0.15) is 18.4 Å². The Balaban J connectivity index is 2.28. The van der Waals surface area contributed by atoms with Crippen LogP contribution in [0, 0.1) is 5.82 Å². The minimum absolute atomic E-state index is 0.238. The van der Waals surface area contributed by atoms with E-state index in [1.807, 2.05) is 6.07 Å². The lowest BCUT2D eigenvalue weighted by molar-refractivity contribution is 0.0366. The Hall–Kier alpha value is -0.930. The molecule has 2 rings (SSSR count). The van der Waals surface area contributed by atoms with Crippen LogP contribution in [0.4, 0.5) is 4.39 Å². The van der Waals surface area contributed by atoms with Crippen LogP contribution in [0.2, 0.25) is 0 Å².